The van der Waals surface area contributed by atoms with Crippen LogP contribution in [0.4, 0.5) is 5.69 Å². The number of rotatable bonds is 3. The molecule has 0 radical (unpaired) electrons. The van der Waals surface area contributed by atoms with Crippen molar-refractivity contribution in [3.63, 3.8) is 0 Å². The molecule has 0 spiro atoms. The van der Waals surface area contributed by atoms with E-state index >= 15 is 0 Å². The first kappa shape index (κ1) is 17.8. The number of nitrogens with zero attached hydrogens (tertiary/aromatic N) is 2. The minimum absolute atomic E-state index is 0.278. The molecule has 4 nitrogen and oxygen atoms in total. The first-order valence-electron chi connectivity index (χ1n) is 9.17. The topological polar surface area (TPSA) is 24.9 Å². The van der Waals surface area contributed by atoms with Crippen LogP contribution < -0.4 is 10.4 Å². The van der Waals surface area contributed by atoms with Gasteiger partial charge in [-0.2, -0.15) is 0 Å². The van der Waals surface area contributed by atoms with Crippen LogP contribution >= 0.6 is 0 Å². The van der Waals surface area contributed by atoms with E-state index in [-0.39, 0.29) is 18.3 Å². The van der Waals surface area contributed by atoms with E-state index in [2.05, 4.69) is 69.5 Å². The Kier molecular flexibility index (Phi) is 4.71. The predicted octanol–water partition coefficient (Wildman–Crippen LogP) is 2.44. The highest BCUT2D eigenvalue weighted by atomic mass is 16.7. The first-order valence-corrected chi connectivity index (χ1v) is 9.17. The standard InChI is InChI=1S/C19H31BN2O2/c1-7-21-10-12-22(13-11-21)17-9-8-16(14-15(17)2)20-23-18(3,4)19(5,6)24-20/h8-9,14H,7,10-13H2,1-6H3. The number of hydrogen-bond donors (Lipinski definition) is 0. The summed E-state index contributed by atoms with van der Waals surface area (Å²) in [7, 11) is -0.278. The minimum Gasteiger partial charge on any atom is -0.399 e. The Hall–Kier alpha value is -1.04. The average molecular weight is 330 g/mol. The molecule has 0 bridgehead atoms. The summed E-state index contributed by atoms with van der Waals surface area (Å²) in [5.41, 5.74) is 3.17. The molecule has 2 heterocycles. The van der Waals surface area contributed by atoms with Crippen LogP contribution in [-0.2, 0) is 9.31 Å². The molecule has 2 aliphatic rings. The maximum atomic E-state index is 6.18. The van der Waals surface area contributed by atoms with Gasteiger partial charge < -0.3 is 19.1 Å². The third kappa shape index (κ3) is 3.22. The predicted molar refractivity (Wildman–Crippen MR) is 101 cm³/mol. The monoisotopic (exact) mass is 330 g/mol. The Morgan fingerprint density at radius 1 is 1.00 bits per heavy atom. The molecule has 0 atom stereocenters. The highest BCUT2D eigenvalue weighted by Crippen LogP contribution is 2.36. The van der Waals surface area contributed by atoms with Gasteiger partial charge in [0.25, 0.3) is 0 Å². The van der Waals surface area contributed by atoms with E-state index in [1.54, 1.807) is 0 Å². The third-order valence-electron chi connectivity index (χ3n) is 5.91. The summed E-state index contributed by atoms with van der Waals surface area (Å²) in [4.78, 5) is 5.00. The fourth-order valence-corrected chi connectivity index (χ4v) is 3.46. The molecule has 5 heteroatoms. The summed E-state index contributed by atoms with van der Waals surface area (Å²) in [5, 5.41) is 0. The number of anilines is 1. The lowest BCUT2D eigenvalue weighted by molar-refractivity contribution is 0.00578. The molecule has 2 fully saturated rings. The van der Waals surface area contributed by atoms with E-state index in [4.69, 9.17) is 9.31 Å². The van der Waals surface area contributed by atoms with Gasteiger partial charge in [0.2, 0.25) is 0 Å². The lowest BCUT2D eigenvalue weighted by Crippen LogP contribution is -2.46. The van der Waals surface area contributed by atoms with Gasteiger partial charge >= 0.3 is 7.12 Å². The van der Waals surface area contributed by atoms with Crippen molar-refractivity contribution in [3.8, 4) is 0 Å². The van der Waals surface area contributed by atoms with Crippen LogP contribution in [-0.4, -0.2) is 55.9 Å². The lowest BCUT2D eigenvalue weighted by Gasteiger charge is -2.36. The van der Waals surface area contributed by atoms with Gasteiger partial charge in [-0.25, -0.2) is 0 Å². The molecule has 3 rings (SSSR count). The molecule has 2 saturated heterocycles. The Bertz CT molecular complexity index is 579. The highest BCUT2D eigenvalue weighted by Gasteiger charge is 2.51. The molecule has 0 aromatic heterocycles. The summed E-state index contributed by atoms with van der Waals surface area (Å²) in [6.07, 6.45) is 0. The Morgan fingerprint density at radius 2 is 1.58 bits per heavy atom. The van der Waals surface area contributed by atoms with E-state index in [0.717, 1.165) is 38.2 Å². The van der Waals surface area contributed by atoms with Gasteiger partial charge in [0.15, 0.2) is 0 Å². The second-order valence-corrected chi connectivity index (χ2v) is 8.06. The van der Waals surface area contributed by atoms with Crippen LogP contribution in [0.5, 0.6) is 0 Å². The van der Waals surface area contributed by atoms with Gasteiger partial charge in [0, 0.05) is 31.9 Å². The first-order chi connectivity index (χ1) is 11.2. The quantitative estimate of drug-likeness (QED) is 0.795. The van der Waals surface area contributed by atoms with Crippen molar-refractivity contribution >= 4 is 18.3 Å². The summed E-state index contributed by atoms with van der Waals surface area (Å²) in [5.74, 6) is 0. The number of aryl methyl sites for hydroxylation is 1. The molecule has 2 aliphatic heterocycles. The molecule has 0 unspecified atom stereocenters. The van der Waals surface area contributed by atoms with Gasteiger partial charge in [-0.15, -0.1) is 0 Å². The Labute approximate surface area is 147 Å². The fourth-order valence-electron chi connectivity index (χ4n) is 3.46. The zero-order chi connectivity index (χ0) is 17.5. The Morgan fingerprint density at radius 3 is 2.08 bits per heavy atom. The van der Waals surface area contributed by atoms with Crippen LogP contribution in [0.1, 0.15) is 40.2 Å². The van der Waals surface area contributed by atoms with Crippen LogP contribution in [0, 0.1) is 6.92 Å². The van der Waals surface area contributed by atoms with E-state index in [1.165, 1.54) is 11.3 Å². The third-order valence-corrected chi connectivity index (χ3v) is 5.91. The molecule has 1 aromatic carbocycles. The van der Waals surface area contributed by atoms with Gasteiger partial charge in [0.1, 0.15) is 0 Å². The van der Waals surface area contributed by atoms with E-state index in [0.29, 0.717) is 0 Å². The SMILES string of the molecule is CCN1CCN(c2ccc(B3OC(C)(C)C(C)(C)O3)cc2C)CC1. The van der Waals surface area contributed by atoms with Crippen molar-refractivity contribution in [1.82, 2.24) is 4.90 Å². The highest BCUT2D eigenvalue weighted by molar-refractivity contribution is 6.62. The number of piperazine rings is 1. The van der Waals surface area contributed by atoms with Crippen LogP contribution in [0.3, 0.4) is 0 Å². The Balaban J connectivity index is 1.74. The molecule has 0 saturated carbocycles. The van der Waals surface area contributed by atoms with Crippen LogP contribution in [0.15, 0.2) is 18.2 Å². The summed E-state index contributed by atoms with van der Waals surface area (Å²) in [6.45, 7) is 18.5. The molecule has 24 heavy (non-hydrogen) atoms. The van der Waals surface area contributed by atoms with Gasteiger partial charge in [-0.3, -0.25) is 0 Å². The fraction of sp³-hybridized carbons (Fsp3) is 0.684. The second kappa shape index (κ2) is 6.36. The van der Waals surface area contributed by atoms with Gasteiger partial charge in [-0.1, -0.05) is 19.1 Å². The largest absolute Gasteiger partial charge is 0.494 e. The van der Waals surface area contributed by atoms with Crippen LogP contribution in [0.2, 0.25) is 0 Å². The maximum absolute atomic E-state index is 6.18. The van der Waals surface area contributed by atoms with E-state index in [9.17, 15) is 0 Å². The molecular formula is C19H31BN2O2. The van der Waals surface area contributed by atoms with Crippen molar-refractivity contribution < 1.29 is 9.31 Å². The molecule has 0 amide bonds. The van der Waals surface area contributed by atoms with Crippen molar-refractivity contribution in [2.75, 3.05) is 37.6 Å². The van der Waals surface area contributed by atoms with Crippen molar-refractivity contribution in [3.05, 3.63) is 23.8 Å². The molecular weight excluding hydrogens is 299 g/mol. The minimum atomic E-state index is -0.291. The number of hydrogen-bond acceptors (Lipinski definition) is 4. The lowest BCUT2D eigenvalue weighted by atomic mass is 9.78. The normalized spacial score (nSPS) is 23.8. The zero-order valence-electron chi connectivity index (χ0n) is 16.1. The summed E-state index contributed by atoms with van der Waals surface area (Å²) < 4.78 is 12.4. The van der Waals surface area contributed by atoms with E-state index in [1.807, 2.05) is 0 Å². The molecule has 0 aliphatic carbocycles. The van der Waals surface area contributed by atoms with Crippen molar-refractivity contribution in [1.29, 1.82) is 0 Å². The van der Waals surface area contributed by atoms with Crippen LogP contribution in [0.25, 0.3) is 0 Å². The molecule has 1 aromatic rings. The second-order valence-electron chi connectivity index (χ2n) is 8.06. The summed E-state index contributed by atoms with van der Waals surface area (Å²) >= 11 is 0. The van der Waals surface area contributed by atoms with E-state index < -0.39 is 0 Å². The molecule has 0 N–H and O–H groups in total. The van der Waals surface area contributed by atoms with Gasteiger partial charge in [-0.05, 0) is 58.3 Å². The van der Waals surface area contributed by atoms with Crippen molar-refractivity contribution in [2.24, 2.45) is 0 Å². The summed E-state index contributed by atoms with van der Waals surface area (Å²) in [6, 6.07) is 6.62. The molecule has 132 valence electrons. The maximum Gasteiger partial charge on any atom is 0.494 e. The van der Waals surface area contributed by atoms with Gasteiger partial charge in [0.05, 0.1) is 11.2 Å². The smallest absolute Gasteiger partial charge is 0.399 e. The van der Waals surface area contributed by atoms with Crippen molar-refractivity contribution in [2.45, 2.75) is 52.7 Å². The number of benzene rings is 1. The zero-order valence-corrected chi connectivity index (χ0v) is 16.1. The number of likely N-dealkylation sites (N-methyl/N-ethyl adjacent to an activating group) is 1. The average Bonchev–Trinajstić information content (AvgIpc) is 2.75.